The molecular weight excluding hydrogens is 448 g/mol. The molecule has 1 aromatic rings. The molecule has 1 aliphatic heterocycles. The van der Waals surface area contributed by atoms with Crippen molar-refractivity contribution in [1.29, 1.82) is 0 Å². The number of amides is 1. The number of hydrogen-bond acceptors (Lipinski definition) is 7. The maximum atomic E-state index is 14.6. The summed E-state index contributed by atoms with van der Waals surface area (Å²) in [7, 11) is -2.38. The Morgan fingerprint density at radius 2 is 2.03 bits per heavy atom. The van der Waals surface area contributed by atoms with Crippen molar-refractivity contribution in [1.82, 2.24) is 4.31 Å². The number of benzene rings is 1. The minimum absolute atomic E-state index is 0.174. The Bertz CT molecular complexity index is 993. The minimum atomic E-state index is -3.65. The average Bonchev–Trinajstić information content (AvgIpc) is 3.20. The summed E-state index contributed by atoms with van der Waals surface area (Å²) < 4.78 is 36.3. The van der Waals surface area contributed by atoms with E-state index in [0.717, 1.165) is 11.8 Å². The lowest BCUT2D eigenvalue weighted by Gasteiger charge is -2.28. The zero-order valence-corrected chi connectivity index (χ0v) is 21.0. The largest absolute Gasteiger partial charge is 0.489 e. The van der Waals surface area contributed by atoms with Gasteiger partial charge >= 0.3 is 12.1 Å². The van der Waals surface area contributed by atoms with Gasteiger partial charge in [0.25, 0.3) is 0 Å². The first-order valence-corrected chi connectivity index (χ1v) is 12.4. The normalized spacial score (nSPS) is 19.3. The van der Waals surface area contributed by atoms with Gasteiger partial charge in [0.1, 0.15) is 28.6 Å². The van der Waals surface area contributed by atoms with Gasteiger partial charge in [0.05, 0.1) is 13.2 Å². The molecule has 0 unspecified atom stereocenters. The van der Waals surface area contributed by atoms with Gasteiger partial charge in [-0.2, -0.15) is 4.31 Å². The molecule has 1 aromatic carbocycles. The molecule has 3 atom stereocenters. The predicted octanol–water partition coefficient (Wildman–Crippen LogP) is 4.06. The Hall–Kier alpha value is -2.46. The zero-order chi connectivity index (χ0) is 24.8. The number of esters is 1. The maximum absolute atomic E-state index is 14.6. The highest BCUT2D eigenvalue weighted by molar-refractivity contribution is 7.91. The zero-order valence-electron chi connectivity index (χ0n) is 20.2. The third-order valence-electron chi connectivity index (χ3n) is 4.99. The van der Waals surface area contributed by atoms with Crippen molar-refractivity contribution >= 4 is 28.3 Å². The number of ether oxygens (including phenoxy) is 3. The van der Waals surface area contributed by atoms with Crippen LogP contribution >= 0.6 is 0 Å². The van der Waals surface area contributed by atoms with E-state index in [1.165, 1.54) is 11.4 Å². The molecule has 0 aromatic heterocycles. The summed E-state index contributed by atoms with van der Waals surface area (Å²) in [5.74, 6) is -0.269. The van der Waals surface area contributed by atoms with Crippen molar-refractivity contribution in [2.75, 3.05) is 13.7 Å². The summed E-state index contributed by atoms with van der Waals surface area (Å²) in [6.07, 6.45) is 1.25. The van der Waals surface area contributed by atoms with Crippen molar-refractivity contribution < 1.29 is 32.8 Å². The molecule has 33 heavy (non-hydrogen) atoms. The first-order valence-electron chi connectivity index (χ1n) is 11.0. The molecule has 1 heterocycles. The van der Waals surface area contributed by atoms with Gasteiger partial charge in [-0.05, 0) is 71.6 Å². The van der Waals surface area contributed by atoms with Gasteiger partial charge in [-0.1, -0.05) is 6.07 Å². The van der Waals surface area contributed by atoms with Crippen LogP contribution in [0, 0.1) is 6.92 Å². The van der Waals surface area contributed by atoms with E-state index in [9.17, 15) is 18.6 Å². The summed E-state index contributed by atoms with van der Waals surface area (Å²) in [5.41, 5.74) is 0.00481. The molecular formula is C23H34N2O7S. The van der Waals surface area contributed by atoms with Gasteiger partial charge in [-0.25, -0.2) is 9.00 Å². The molecule has 0 saturated carbocycles. The first-order chi connectivity index (χ1) is 15.4. The quantitative estimate of drug-likeness (QED) is 0.406. The average molecular weight is 483 g/mol. The Balaban J connectivity index is 2.66. The van der Waals surface area contributed by atoms with Crippen molar-refractivity contribution in [3.05, 3.63) is 23.8 Å². The molecule has 1 saturated heterocycles. The molecule has 1 fully saturated rings. The van der Waals surface area contributed by atoms with E-state index < -0.39 is 33.6 Å². The van der Waals surface area contributed by atoms with E-state index in [1.807, 2.05) is 6.92 Å². The van der Waals surface area contributed by atoms with E-state index in [0.29, 0.717) is 25.7 Å². The third kappa shape index (κ3) is 7.01. The summed E-state index contributed by atoms with van der Waals surface area (Å²) >= 11 is 0. The fourth-order valence-corrected chi connectivity index (χ4v) is 5.75. The highest BCUT2D eigenvalue weighted by atomic mass is 32.2. The summed E-state index contributed by atoms with van der Waals surface area (Å²) in [6.45, 7) is 8.99. The molecule has 0 N–H and O–H groups in total. The van der Waals surface area contributed by atoms with E-state index >= 15 is 0 Å². The molecule has 0 spiro atoms. The summed E-state index contributed by atoms with van der Waals surface area (Å²) in [4.78, 5) is 36.1. The first kappa shape index (κ1) is 26.8. The van der Waals surface area contributed by atoms with Gasteiger partial charge in [0.15, 0.2) is 9.92 Å². The molecule has 2 rings (SSSR count). The van der Waals surface area contributed by atoms with Gasteiger partial charge in [0, 0.05) is 13.0 Å². The molecule has 184 valence electrons. The number of rotatable bonds is 8. The fourth-order valence-electron chi connectivity index (χ4n) is 3.52. The topological polar surface area (TPSA) is 112 Å². The lowest BCUT2D eigenvalue weighted by atomic mass is 10.2. The van der Waals surface area contributed by atoms with Gasteiger partial charge in [0.2, 0.25) is 0 Å². The molecule has 0 aliphatic carbocycles. The van der Waals surface area contributed by atoms with Crippen LogP contribution in [-0.4, -0.2) is 58.3 Å². The highest BCUT2D eigenvalue weighted by Gasteiger charge is 2.41. The van der Waals surface area contributed by atoms with E-state index in [4.69, 9.17) is 14.2 Å². The van der Waals surface area contributed by atoms with E-state index in [-0.39, 0.29) is 23.3 Å². The molecule has 10 heteroatoms. The Labute approximate surface area is 196 Å². The lowest BCUT2D eigenvalue weighted by molar-refractivity contribution is -0.144. The second-order valence-electron chi connectivity index (χ2n) is 9.01. The van der Waals surface area contributed by atoms with Crippen LogP contribution in [0.4, 0.5) is 4.79 Å². The van der Waals surface area contributed by atoms with E-state index in [2.05, 4.69) is 4.36 Å². The van der Waals surface area contributed by atoms with Crippen LogP contribution in [0.1, 0.15) is 58.9 Å². The maximum Gasteiger partial charge on any atom is 0.443 e. The van der Waals surface area contributed by atoms with Crippen LogP contribution < -0.4 is 4.74 Å². The Morgan fingerprint density at radius 1 is 1.33 bits per heavy atom. The lowest BCUT2D eigenvalue weighted by Crippen LogP contribution is -2.41. The van der Waals surface area contributed by atoms with Crippen molar-refractivity contribution in [3.63, 3.8) is 0 Å². The Kier molecular flexibility index (Phi) is 9.02. The van der Waals surface area contributed by atoms with Crippen LogP contribution in [0.3, 0.4) is 0 Å². The standard InChI is InChI=1S/C23H34N2O7S/c1-16-11-12-20(19(15-16)31-17(2)9-8-14-26)33(29,24-22(28)32-23(3,4)5)25-13-7-10-18(25)21(27)30-6/h11-12,14-15,17-18H,7-10,13H2,1-6H3/t17-,18+,33-/m1/s1. The number of nitrogens with zero attached hydrogens (tertiary/aromatic N) is 2. The van der Waals surface area contributed by atoms with E-state index in [1.54, 1.807) is 45.9 Å². The van der Waals surface area contributed by atoms with Crippen molar-refractivity contribution in [3.8, 4) is 5.75 Å². The number of methoxy groups -OCH3 is 1. The van der Waals surface area contributed by atoms with Crippen LogP contribution in [0.2, 0.25) is 0 Å². The van der Waals surface area contributed by atoms with Crippen LogP contribution in [-0.2, 0) is 29.0 Å². The monoisotopic (exact) mass is 482 g/mol. The van der Waals surface area contributed by atoms with Crippen LogP contribution in [0.15, 0.2) is 27.5 Å². The van der Waals surface area contributed by atoms with Crippen molar-refractivity contribution in [2.24, 2.45) is 4.36 Å². The number of carbonyl (C=O) groups is 3. The minimum Gasteiger partial charge on any atom is -0.489 e. The number of carbonyl (C=O) groups excluding carboxylic acids is 3. The van der Waals surface area contributed by atoms with Gasteiger partial charge < -0.3 is 19.0 Å². The Morgan fingerprint density at radius 3 is 2.64 bits per heavy atom. The molecule has 1 amide bonds. The van der Waals surface area contributed by atoms with Crippen LogP contribution in [0.5, 0.6) is 5.75 Å². The second kappa shape index (κ2) is 11.1. The summed E-state index contributed by atoms with van der Waals surface area (Å²) in [5, 5.41) is 0. The highest BCUT2D eigenvalue weighted by Crippen LogP contribution is 2.35. The molecule has 9 nitrogen and oxygen atoms in total. The molecule has 0 radical (unpaired) electrons. The van der Waals surface area contributed by atoms with Gasteiger partial charge in [-0.3, -0.25) is 4.79 Å². The number of aldehydes is 1. The second-order valence-corrected chi connectivity index (χ2v) is 11.1. The van der Waals surface area contributed by atoms with Crippen LogP contribution in [0.25, 0.3) is 0 Å². The molecule has 0 bridgehead atoms. The predicted molar refractivity (Wildman–Crippen MR) is 123 cm³/mol. The number of hydrogen-bond donors (Lipinski definition) is 0. The third-order valence-corrected chi connectivity index (χ3v) is 7.37. The van der Waals surface area contributed by atoms with Gasteiger partial charge in [-0.15, -0.1) is 4.36 Å². The SMILES string of the molecule is COC(=O)[C@@H]1CCCN1[S@](=O)(=NC(=O)OC(C)(C)C)c1ccc(C)cc1O[C@H](C)CCC=O. The number of aryl methyl sites for hydroxylation is 1. The van der Waals surface area contributed by atoms with Crippen molar-refractivity contribution in [2.45, 2.75) is 82.9 Å². The smallest absolute Gasteiger partial charge is 0.443 e. The molecule has 1 aliphatic rings. The summed E-state index contributed by atoms with van der Waals surface area (Å²) in [6, 6.07) is 4.22. The fraction of sp³-hybridized carbons (Fsp3) is 0.609.